The van der Waals surface area contributed by atoms with Gasteiger partial charge in [-0.25, -0.2) is 9.78 Å². The van der Waals surface area contributed by atoms with Gasteiger partial charge in [-0.15, -0.1) is 0 Å². The topological polar surface area (TPSA) is 121 Å². The van der Waals surface area contributed by atoms with Crippen molar-refractivity contribution in [2.24, 2.45) is 5.10 Å². The second-order valence-corrected chi connectivity index (χ2v) is 6.90. The Labute approximate surface area is 166 Å². The molecule has 1 saturated heterocycles. The van der Waals surface area contributed by atoms with Crippen LogP contribution in [0.4, 0.5) is 0 Å². The Hall–Kier alpha value is -3.62. The lowest BCUT2D eigenvalue weighted by atomic mass is 9.98. The molecule has 1 aliphatic heterocycles. The summed E-state index contributed by atoms with van der Waals surface area (Å²) in [6.07, 6.45) is 9.45. The van der Waals surface area contributed by atoms with Crippen molar-refractivity contribution in [1.82, 2.24) is 14.6 Å². The molecule has 1 aliphatic rings. The molecule has 0 spiro atoms. The van der Waals surface area contributed by atoms with Gasteiger partial charge in [0.05, 0.1) is 30.6 Å². The molecule has 2 N–H and O–H groups in total. The van der Waals surface area contributed by atoms with E-state index in [2.05, 4.69) is 15.1 Å². The summed E-state index contributed by atoms with van der Waals surface area (Å²) in [6.45, 7) is 0.655. The van der Waals surface area contributed by atoms with Crippen LogP contribution in [-0.4, -0.2) is 27.3 Å². The first kappa shape index (κ1) is 18.7. The first-order chi connectivity index (χ1) is 14.1. The van der Waals surface area contributed by atoms with Crippen LogP contribution in [0.5, 0.6) is 5.88 Å². The maximum absolute atomic E-state index is 12.7. The molecule has 1 atom stereocenters. The minimum Gasteiger partial charge on any atom is -0.859 e. The summed E-state index contributed by atoms with van der Waals surface area (Å²) in [5, 5.41) is 19.1. The van der Waals surface area contributed by atoms with Crippen LogP contribution in [0.15, 0.2) is 62.0 Å². The third kappa shape index (κ3) is 3.98. The maximum atomic E-state index is 12.7. The smallest absolute Gasteiger partial charge is 0.328 e. The molecule has 0 amide bonds. The van der Waals surface area contributed by atoms with Gasteiger partial charge in [0.15, 0.2) is 12.4 Å². The van der Waals surface area contributed by atoms with Crippen molar-refractivity contribution < 1.29 is 14.5 Å². The summed E-state index contributed by atoms with van der Waals surface area (Å²) in [4.78, 5) is 29.6. The molecule has 4 rings (SSSR count). The fraction of sp³-hybridized carbons (Fsp3) is 0.300. The van der Waals surface area contributed by atoms with E-state index in [1.807, 2.05) is 29.5 Å². The van der Waals surface area contributed by atoms with Crippen molar-refractivity contribution in [3.05, 3.63) is 80.6 Å². The fourth-order valence-electron chi connectivity index (χ4n) is 3.52. The second-order valence-electron chi connectivity index (χ2n) is 6.90. The van der Waals surface area contributed by atoms with Gasteiger partial charge in [-0.05, 0) is 43.3 Å². The van der Waals surface area contributed by atoms with E-state index in [9.17, 15) is 14.7 Å². The predicted molar refractivity (Wildman–Crippen MR) is 102 cm³/mol. The van der Waals surface area contributed by atoms with Crippen molar-refractivity contribution in [2.75, 3.05) is 6.54 Å². The van der Waals surface area contributed by atoms with Crippen molar-refractivity contribution in [2.45, 2.75) is 31.8 Å². The standard InChI is InChI=1S/C20H21N5O4/c26-18-16(19(27)24(20(28)23-18)13-15-6-4-10-29-15)12-22-25-9-2-1-7-17(25)14-5-3-8-21-11-14/h3-6,8,10-12,17,27H,1-2,7,9,13H2,(H,23,26,28). The van der Waals surface area contributed by atoms with Crippen molar-refractivity contribution in [1.29, 1.82) is 0 Å². The highest BCUT2D eigenvalue weighted by Gasteiger charge is 2.24. The van der Waals surface area contributed by atoms with E-state index in [0.717, 1.165) is 29.4 Å². The van der Waals surface area contributed by atoms with E-state index in [-0.39, 0.29) is 18.2 Å². The lowest BCUT2D eigenvalue weighted by Gasteiger charge is -2.33. The molecule has 0 aromatic carbocycles. The number of nitrogens with zero attached hydrogens (tertiary/aromatic N) is 3. The second kappa shape index (κ2) is 8.17. The Bertz CT molecular complexity index is 1100. The number of hydrogen-bond acceptors (Lipinski definition) is 6. The number of aromatic amines is 2. The molecule has 0 aliphatic carbocycles. The zero-order chi connectivity index (χ0) is 20.2. The Morgan fingerprint density at radius 1 is 1.31 bits per heavy atom. The van der Waals surface area contributed by atoms with Crippen LogP contribution in [-0.2, 0) is 6.54 Å². The van der Waals surface area contributed by atoms with Crippen molar-refractivity contribution in [3.8, 4) is 5.88 Å². The Morgan fingerprint density at radius 2 is 2.21 bits per heavy atom. The van der Waals surface area contributed by atoms with Crippen LogP contribution in [0, 0.1) is 0 Å². The lowest BCUT2D eigenvalue weighted by Crippen LogP contribution is -2.35. The molecule has 9 heteroatoms. The number of furan rings is 1. The van der Waals surface area contributed by atoms with E-state index >= 15 is 0 Å². The molecule has 0 bridgehead atoms. The van der Waals surface area contributed by atoms with Gasteiger partial charge in [0.25, 0.3) is 5.56 Å². The molecule has 150 valence electrons. The van der Waals surface area contributed by atoms with E-state index < -0.39 is 17.1 Å². The van der Waals surface area contributed by atoms with E-state index in [4.69, 9.17) is 4.42 Å². The predicted octanol–water partition coefficient (Wildman–Crippen LogP) is 0.627. The summed E-state index contributed by atoms with van der Waals surface area (Å²) >= 11 is 0. The lowest BCUT2D eigenvalue weighted by molar-refractivity contribution is -0.379. The van der Waals surface area contributed by atoms with Gasteiger partial charge in [-0.3, -0.25) is 19.4 Å². The third-order valence-corrected chi connectivity index (χ3v) is 5.01. The number of hydrazone groups is 1. The van der Waals surface area contributed by atoms with Gasteiger partial charge in [0.1, 0.15) is 5.76 Å². The molecule has 9 nitrogen and oxygen atoms in total. The highest BCUT2D eigenvalue weighted by molar-refractivity contribution is 5.81. The Morgan fingerprint density at radius 3 is 2.97 bits per heavy atom. The molecular weight excluding hydrogens is 374 g/mol. The molecule has 3 aromatic heterocycles. The first-order valence-corrected chi connectivity index (χ1v) is 9.46. The van der Waals surface area contributed by atoms with Crippen LogP contribution >= 0.6 is 0 Å². The van der Waals surface area contributed by atoms with Gasteiger partial charge in [-0.2, -0.15) is 5.10 Å². The molecule has 3 aromatic rings. The number of H-pyrrole nitrogens is 2. The van der Waals surface area contributed by atoms with Gasteiger partial charge in [0, 0.05) is 18.2 Å². The molecule has 1 unspecified atom stereocenters. The number of piperidine rings is 1. The average molecular weight is 395 g/mol. The van der Waals surface area contributed by atoms with Crippen LogP contribution in [0.25, 0.3) is 0 Å². The molecular formula is C20H21N5O4. The maximum Gasteiger partial charge on any atom is 0.328 e. The van der Waals surface area contributed by atoms with Gasteiger partial charge in [0.2, 0.25) is 0 Å². The van der Waals surface area contributed by atoms with Gasteiger partial charge >= 0.3 is 5.69 Å². The average Bonchev–Trinajstić information content (AvgIpc) is 3.25. The van der Waals surface area contributed by atoms with E-state index in [1.54, 1.807) is 12.1 Å². The summed E-state index contributed by atoms with van der Waals surface area (Å²) in [7, 11) is 0. The molecule has 0 radical (unpaired) electrons. The number of hydrogen-bond donors (Lipinski definition) is 1. The van der Waals surface area contributed by atoms with Crippen LogP contribution in [0.3, 0.4) is 0 Å². The summed E-state index contributed by atoms with van der Waals surface area (Å²) in [6, 6.07) is 7.32. The highest BCUT2D eigenvalue weighted by Crippen LogP contribution is 2.30. The third-order valence-electron chi connectivity index (χ3n) is 5.01. The highest BCUT2D eigenvalue weighted by atomic mass is 16.3. The fourth-order valence-corrected chi connectivity index (χ4v) is 3.52. The Balaban J connectivity index is 1.65. The van der Waals surface area contributed by atoms with Gasteiger partial charge < -0.3 is 9.52 Å². The van der Waals surface area contributed by atoms with E-state index in [0.29, 0.717) is 12.3 Å². The molecule has 0 saturated carbocycles. The molecule has 4 heterocycles. The zero-order valence-electron chi connectivity index (χ0n) is 15.7. The number of rotatable bonds is 5. The normalized spacial score (nSPS) is 17.1. The monoisotopic (exact) mass is 395 g/mol. The van der Waals surface area contributed by atoms with Crippen molar-refractivity contribution in [3.63, 3.8) is 0 Å². The summed E-state index contributed by atoms with van der Waals surface area (Å²) in [5.41, 5.74) is -0.617. The molecule has 1 fully saturated rings. The number of pyridine rings is 1. The molecule has 29 heavy (non-hydrogen) atoms. The SMILES string of the molecule is O=c1[nH]c(=O)n(Cc2ccco2)c([O-])c1C=NN1CCCCC1c1ccc[nH+]c1. The van der Waals surface area contributed by atoms with Gasteiger partial charge in [-0.1, -0.05) is 0 Å². The zero-order valence-corrected chi connectivity index (χ0v) is 15.7. The number of nitrogens with one attached hydrogen (secondary N) is 2. The Kier molecular flexibility index (Phi) is 5.28. The number of aromatic nitrogens is 3. The van der Waals surface area contributed by atoms with E-state index in [1.165, 1.54) is 12.5 Å². The van der Waals surface area contributed by atoms with Crippen LogP contribution < -0.4 is 21.3 Å². The minimum atomic E-state index is -0.774. The summed E-state index contributed by atoms with van der Waals surface area (Å²) in [5.74, 6) is -0.254. The van der Waals surface area contributed by atoms with Crippen molar-refractivity contribution >= 4 is 6.21 Å². The first-order valence-electron chi connectivity index (χ1n) is 9.46. The van der Waals surface area contributed by atoms with Crippen LogP contribution in [0.2, 0.25) is 0 Å². The van der Waals surface area contributed by atoms with Crippen LogP contribution in [0.1, 0.15) is 42.2 Å². The largest absolute Gasteiger partial charge is 0.859 e. The quantitative estimate of drug-likeness (QED) is 0.635. The minimum absolute atomic E-state index is 0.0562. The summed E-state index contributed by atoms with van der Waals surface area (Å²) < 4.78 is 6.13.